The topological polar surface area (TPSA) is 58.8 Å². The Kier molecular flexibility index (Phi) is 4.80. The zero-order chi connectivity index (χ0) is 19.7. The third kappa shape index (κ3) is 3.72. The van der Waals surface area contributed by atoms with Crippen molar-refractivity contribution in [1.29, 1.82) is 0 Å². The van der Waals surface area contributed by atoms with Crippen molar-refractivity contribution in [2.45, 2.75) is 12.7 Å². The van der Waals surface area contributed by atoms with Crippen LogP contribution in [0.4, 0.5) is 19.0 Å². The Labute approximate surface area is 159 Å². The minimum atomic E-state index is -4.60. The van der Waals surface area contributed by atoms with Crippen molar-refractivity contribution in [3.05, 3.63) is 47.8 Å². The van der Waals surface area contributed by atoms with E-state index in [9.17, 15) is 13.2 Å². The van der Waals surface area contributed by atoms with Gasteiger partial charge in [0.2, 0.25) is 0 Å². The van der Waals surface area contributed by atoms with E-state index in [-0.39, 0.29) is 5.65 Å². The number of fused-ring (bicyclic) bond motifs is 1. The zero-order valence-electron chi connectivity index (χ0n) is 15.2. The highest BCUT2D eigenvalue weighted by atomic mass is 19.4. The van der Waals surface area contributed by atoms with Gasteiger partial charge < -0.3 is 9.64 Å². The number of rotatable bonds is 4. The number of alkyl halides is 3. The minimum Gasteiger partial charge on any atom is -0.497 e. The molecule has 148 valence electrons. The first-order chi connectivity index (χ1) is 13.4. The predicted octanol–water partition coefficient (Wildman–Crippen LogP) is 2.47. The molecule has 3 aromatic rings. The molecule has 0 unspecified atom stereocenters. The molecule has 1 aliphatic heterocycles. The quantitative estimate of drug-likeness (QED) is 0.680. The van der Waals surface area contributed by atoms with E-state index < -0.39 is 12.0 Å². The highest BCUT2D eigenvalue weighted by Gasteiger charge is 2.37. The normalized spacial score (nSPS) is 15.9. The summed E-state index contributed by atoms with van der Waals surface area (Å²) in [5.41, 5.74) is 1.24. The molecule has 3 heterocycles. The number of nitrogens with zero attached hydrogens (tertiary/aromatic N) is 6. The number of halogens is 3. The Morgan fingerprint density at radius 3 is 2.54 bits per heavy atom. The Morgan fingerprint density at radius 1 is 1.04 bits per heavy atom. The summed E-state index contributed by atoms with van der Waals surface area (Å²) in [4.78, 5) is 4.27. The van der Waals surface area contributed by atoms with E-state index >= 15 is 0 Å². The van der Waals surface area contributed by atoms with E-state index in [0.29, 0.717) is 18.9 Å². The number of anilines is 1. The molecule has 0 atom stereocenters. The maximum atomic E-state index is 13.0. The lowest BCUT2D eigenvalue weighted by molar-refractivity contribution is -0.146. The summed E-state index contributed by atoms with van der Waals surface area (Å²) in [6.07, 6.45) is -4.60. The van der Waals surface area contributed by atoms with Crippen molar-refractivity contribution >= 4 is 11.5 Å². The first-order valence-electron chi connectivity index (χ1n) is 8.84. The van der Waals surface area contributed by atoms with Gasteiger partial charge in [0.1, 0.15) is 11.6 Å². The molecule has 0 saturated carbocycles. The van der Waals surface area contributed by atoms with Gasteiger partial charge in [0.25, 0.3) is 5.82 Å². The fourth-order valence-corrected chi connectivity index (χ4v) is 3.29. The van der Waals surface area contributed by atoms with Crippen molar-refractivity contribution in [3.63, 3.8) is 0 Å². The summed E-state index contributed by atoms with van der Waals surface area (Å²) < 4.78 is 45.1. The third-order valence-corrected chi connectivity index (χ3v) is 4.74. The van der Waals surface area contributed by atoms with Gasteiger partial charge >= 0.3 is 6.18 Å². The second-order valence-electron chi connectivity index (χ2n) is 6.60. The minimum absolute atomic E-state index is 0.0766. The number of hydrogen-bond acceptors (Lipinski definition) is 6. The van der Waals surface area contributed by atoms with Gasteiger partial charge in [0.15, 0.2) is 5.65 Å². The van der Waals surface area contributed by atoms with Crippen molar-refractivity contribution in [2.24, 2.45) is 0 Å². The molecular formula is C18H19F3N6O. The summed E-state index contributed by atoms with van der Waals surface area (Å²) >= 11 is 0. The Balaban J connectivity index is 1.44. The predicted molar refractivity (Wildman–Crippen MR) is 96.3 cm³/mol. The highest BCUT2D eigenvalue weighted by molar-refractivity contribution is 5.46. The molecule has 4 rings (SSSR count). The van der Waals surface area contributed by atoms with Crippen molar-refractivity contribution < 1.29 is 17.9 Å². The molecule has 0 N–H and O–H groups in total. The van der Waals surface area contributed by atoms with Gasteiger partial charge in [-0.05, 0) is 29.8 Å². The lowest BCUT2D eigenvalue weighted by atomic mass is 10.2. The average molecular weight is 392 g/mol. The van der Waals surface area contributed by atoms with Crippen LogP contribution in [0.25, 0.3) is 5.65 Å². The van der Waals surface area contributed by atoms with Gasteiger partial charge in [-0.2, -0.15) is 17.7 Å². The number of benzene rings is 1. The number of ether oxygens (including phenoxy) is 1. The van der Waals surface area contributed by atoms with Crippen LogP contribution >= 0.6 is 0 Å². The molecule has 0 bridgehead atoms. The maximum Gasteiger partial charge on any atom is 0.453 e. The largest absolute Gasteiger partial charge is 0.497 e. The SMILES string of the molecule is COc1cccc(CN2CCN(c3ccc4nnc(C(F)(F)F)n4n3)CC2)c1. The number of methoxy groups -OCH3 is 1. The van der Waals surface area contributed by atoms with E-state index in [4.69, 9.17) is 4.74 Å². The molecule has 1 fully saturated rings. The van der Waals surface area contributed by atoms with E-state index in [1.54, 1.807) is 13.2 Å². The number of aromatic nitrogens is 4. The second kappa shape index (κ2) is 7.27. The van der Waals surface area contributed by atoms with Gasteiger partial charge in [-0.3, -0.25) is 4.90 Å². The van der Waals surface area contributed by atoms with Gasteiger partial charge in [-0.25, -0.2) is 0 Å². The van der Waals surface area contributed by atoms with Crippen molar-refractivity contribution in [1.82, 2.24) is 24.7 Å². The molecule has 0 aliphatic carbocycles. The van der Waals surface area contributed by atoms with Crippen LogP contribution in [-0.2, 0) is 12.7 Å². The van der Waals surface area contributed by atoms with Gasteiger partial charge in [0.05, 0.1) is 7.11 Å². The first kappa shape index (κ1) is 18.5. The first-order valence-corrected chi connectivity index (χ1v) is 8.84. The lowest BCUT2D eigenvalue weighted by Gasteiger charge is -2.35. The molecule has 1 aromatic carbocycles. The Hall–Kier alpha value is -2.88. The van der Waals surface area contributed by atoms with E-state index in [2.05, 4.69) is 26.3 Å². The summed E-state index contributed by atoms with van der Waals surface area (Å²) in [7, 11) is 1.64. The Bertz CT molecular complexity index is 965. The zero-order valence-corrected chi connectivity index (χ0v) is 15.2. The van der Waals surface area contributed by atoms with Crippen LogP contribution in [0.5, 0.6) is 5.75 Å². The average Bonchev–Trinajstić information content (AvgIpc) is 3.12. The molecule has 10 heteroatoms. The molecular weight excluding hydrogens is 373 g/mol. The standard InChI is InChI=1S/C18H19F3N6O/c1-28-14-4-2-3-13(11-14)12-25-7-9-26(10-8-25)16-6-5-15-22-23-17(18(19,20)21)27(15)24-16/h2-6,11H,7-10,12H2,1H3. The molecule has 28 heavy (non-hydrogen) atoms. The van der Waals surface area contributed by atoms with Crippen LogP contribution in [0.1, 0.15) is 11.4 Å². The van der Waals surface area contributed by atoms with Crippen LogP contribution < -0.4 is 9.64 Å². The number of hydrogen-bond donors (Lipinski definition) is 0. The molecule has 1 saturated heterocycles. The number of piperazine rings is 1. The molecule has 2 aromatic heterocycles. The third-order valence-electron chi connectivity index (χ3n) is 4.74. The molecule has 1 aliphatic rings. The summed E-state index contributed by atoms with van der Waals surface area (Å²) in [6.45, 7) is 3.70. The monoisotopic (exact) mass is 392 g/mol. The van der Waals surface area contributed by atoms with Gasteiger partial charge in [-0.1, -0.05) is 12.1 Å². The Morgan fingerprint density at radius 2 is 1.82 bits per heavy atom. The molecule has 7 nitrogen and oxygen atoms in total. The fourth-order valence-electron chi connectivity index (χ4n) is 3.29. The lowest BCUT2D eigenvalue weighted by Crippen LogP contribution is -2.46. The molecule has 0 spiro atoms. The summed E-state index contributed by atoms with van der Waals surface area (Å²) in [5, 5.41) is 10.9. The van der Waals surface area contributed by atoms with E-state index in [1.165, 1.54) is 6.07 Å². The molecule has 0 amide bonds. The summed E-state index contributed by atoms with van der Waals surface area (Å²) in [6, 6.07) is 11.1. The van der Waals surface area contributed by atoms with Gasteiger partial charge in [0, 0.05) is 32.7 Å². The van der Waals surface area contributed by atoms with Crippen LogP contribution in [0, 0.1) is 0 Å². The second-order valence-corrected chi connectivity index (χ2v) is 6.60. The van der Waals surface area contributed by atoms with E-state index in [1.807, 2.05) is 23.1 Å². The van der Waals surface area contributed by atoms with Crippen molar-refractivity contribution in [3.8, 4) is 5.75 Å². The molecule has 0 radical (unpaired) electrons. The van der Waals surface area contributed by atoms with Crippen molar-refractivity contribution in [2.75, 3.05) is 38.2 Å². The summed E-state index contributed by atoms with van der Waals surface area (Å²) in [5.74, 6) is 0.197. The van der Waals surface area contributed by atoms with Crippen LogP contribution in [-0.4, -0.2) is 58.0 Å². The van der Waals surface area contributed by atoms with Crippen LogP contribution in [0.15, 0.2) is 36.4 Å². The van der Waals surface area contributed by atoms with Crippen LogP contribution in [0.3, 0.4) is 0 Å². The maximum absolute atomic E-state index is 13.0. The fraction of sp³-hybridized carbons (Fsp3) is 0.389. The van der Waals surface area contributed by atoms with E-state index in [0.717, 1.165) is 35.5 Å². The van der Waals surface area contributed by atoms with Crippen LogP contribution in [0.2, 0.25) is 0 Å². The van der Waals surface area contributed by atoms with Gasteiger partial charge in [-0.15, -0.1) is 15.3 Å². The smallest absolute Gasteiger partial charge is 0.453 e. The highest BCUT2D eigenvalue weighted by Crippen LogP contribution is 2.28.